The van der Waals surface area contributed by atoms with Crippen molar-refractivity contribution < 1.29 is 9.53 Å². The Labute approximate surface area is 175 Å². The van der Waals surface area contributed by atoms with E-state index in [1.165, 1.54) is 11.5 Å². The van der Waals surface area contributed by atoms with Gasteiger partial charge < -0.3 is 4.74 Å². The number of carbonyl (C=O) groups is 1. The first-order chi connectivity index (χ1) is 13.6. The molecule has 0 spiro atoms. The van der Waals surface area contributed by atoms with Crippen molar-refractivity contribution in [3.8, 4) is 5.75 Å². The number of amides is 1. The van der Waals surface area contributed by atoms with Crippen LogP contribution in [0.5, 0.6) is 5.75 Å². The summed E-state index contributed by atoms with van der Waals surface area (Å²) in [5, 5.41) is 4.74. The van der Waals surface area contributed by atoms with Gasteiger partial charge >= 0.3 is 0 Å². The van der Waals surface area contributed by atoms with E-state index in [0.717, 1.165) is 42.1 Å². The van der Waals surface area contributed by atoms with Gasteiger partial charge in [-0.05, 0) is 41.5 Å². The first kappa shape index (κ1) is 20.7. The molecule has 1 fully saturated rings. The van der Waals surface area contributed by atoms with Crippen LogP contribution in [-0.2, 0) is 17.8 Å². The Balaban J connectivity index is 1.58. The Morgan fingerprint density at radius 2 is 2.00 bits per heavy atom. The number of ether oxygens (including phenoxy) is 1. The third-order valence-electron chi connectivity index (χ3n) is 4.48. The van der Waals surface area contributed by atoms with Gasteiger partial charge in [0.1, 0.15) is 5.75 Å². The van der Waals surface area contributed by atoms with Gasteiger partial charge in [0.25, 0.3) is 0 Å². The summed E-state index contributed by atoms with van der Waals surface area (Å²) < 4.78 is 5.50. The van der Waals surface area contributed by atoms with Crippen molar-refractivity contribution >= 4 is 35.5 Å². The van der Waals surface area contributed by atoms with E-state index in [1.807, 2.05) is 36.0 Å². The summed E-state index contributed by atoms with van der Waals surface area (Å²) in [7, 11) is 1.69. The number of nitrogens with zero attached hydrogens (tertiary/aromatic N) is 2. The highest BCUT2D eigenvalue weighted by atomic mass is 35.5. The minimum absolute atomic E-state index is 0.168. The van der Waals surface area contributed by atoms with Crippen LogP contribution in [0.1, 0.15) is 16.7 Å². The minimum atomic E-state index is -0.168. The van der Waals surface area contributed by atoms with Gasteiger partial charge in [-0.3, -0.25) is 9.69 Å². The largest absolute Gasteiger partial charge is 0.496 e. The van der Waals surface area contributed by atoms with E-state index >= 15 is 0 Å². The second-order valence-corrected chi connectivity index (χ2v) is 8.22. The van der Waals surface area contributed by atoms with Crippen LogP contribution in [0.4, 0.5) is 0 Å². The van der Waals surface area contributed by atoms with Crippen molar-refractivity contribution in [2.24, 2.45) is 5.10 Å². The van der Waals surface area contributed by atoms with Crippen molar-refractivity contribution in [1.29, 1.82) is 0 Å². The lowest BCUT2D eigenvalue weighted by Gasteiger charge is -2.26. The van der Waals surface area contributed by atoms with E-state index in [-0.39, 0.29) is 12.3 Å². The van der Waals surface area contributed by atoms with Crippen molar-refractivity contribution in [1.82, 2.24) is 10.3 Å². The number of hydrogen-bond acceptors (Lipinski definition) is 5. The summed E-state index contributed by atoms with van der Waals surface area (Å²) in [5.74, 6) is 3.05. The fourth-order valence-electron chi connectivity index (χ4n) is 3.01. The number of carbonyl (C=O) groups excluding carboxylic acids is 1. The van der Waals surface area contributed by atoms with E-state index in [0.29, 0.717) is 5.02 Å². The fraction of sp³-hybridized carbons (Fsp3) is 0.333. The molecule has 148 valence electrons. The van der Waals surface area contributed by atoms with Gasteiger partial charge in [-0.1, -0.05) is 23.7 Å². The molecule has 1 aliphatic rings. The molecule has 1 heterocycles. The molecule has 2 aromatic rings. The summed E-state index contributed by atoms with van der Waals surface area (Å²) in [5.41, 5.74) is 5.52. The van der Waals surface area contributed by atoms with Crippen LogP contribution in [-0.4, -0.2) is 48.7 Å². The molecule has 0 aliphatic carbocycles. The van der Waals surface area contributed by atoms with Gasteiger partial charge in [0.2, 0.25) is 5.91 Å². The maximum atomic E-state index is 12.0. The molecule has 7 heteroatoms. The summed E-state index contributed by atoms with van der Waals surface area (Å²) in [6.45, 7) is 3.04. The Hall–Kier alpha value is -2.02. The lowest BCUT2D eigenvalue weighted by molar-refractivity contribution is -0.120. The van der Waals surface area contributed by atoms with Crippen LogP contribution in [0.3, 0.4) is 0 Å². The van der Waals surface area contributed by atoms with E-state index in [9.17, 15) is 4.79 Å². The van der Waals surface area contributed by atoms with E-state index in [1.54, 1.807) is 25.5 Å². The van der Waals surface area contributed by atoms with Gasteiger partial charge in [-0.2, -0.15) is 16.9 Å². The number of rotatable bonds is 7. The number of thioether (sulfide) groups is 1. The molecule has 1 saturated heterocycles. The fourth-order valence-corrected chi connectivity index (χ4v) is 4.11. The van der Waals surface area contributed by atoms with E-state index in [2.05, 4.69) is 21.5 Å². The second-order valence-electron chi connectivity index (χ2n) is 6.56. The van der Waals surface area contributed by atoms with Crippen LogP contribution in [0.15, 0.2) is 47.6 Å². The molecule has 28 heavy (non-hydrogen) atoms. The number of hydrogen-bond donors (Lipinski definition) is 1. The zero-order valence-electron chi connectivity index (χ0n) is 15.9. The Bertz CT molecular complexity index is 821. The average molecular weight is 418 g/mol. The third kappa shape index (κ3) is 6.26. The quantitative estimate of drug-likeness (QED) is 0.552. The molecular weight excluding hydrogens is 394 g/mol. The van der Waals surface area contributed by atoms with Crippen molar-refractivity contribution in [2.45, 2.75) is 13.0 Å². The lowest BCUT2D eigenvalue weighted by atomic mass is 10.1. The normalized spacial score (nSPS) is 14.9. The van der Waals surface area contributed by atoms with Gasteiger partial charge in [0.15, 0.2) is 0 Å². The lowest BCUT2D eigenvalue weighted by Crippen LogP contribution is -2.32. The minimum Gasteiger partial charge on any atom is -0.496 e. The van der Waals surface area contributed by atoms with E-state index < -0.39 is 0 Å². The summed E-state index contributed by atoms with van der Waals surface area (Å²) in [6, 6.07) is 13.2. The van der Waals surface area contributed by atoms with Gasteiger partial charge in [-0.15, -0.1) is 0 Å². The topological polar surface area (TPSA) is 53.9 Å². The predicted octanol–water partition coefficient (Wildman–Crippen LogP) is 3.59. The Kier molecular flexibility index (Phi) is 7.77. The molecule has 3 rings (SSSR count). The molecule has 0 unspecified atom stereocenters. The molecule has 1 N–H and O–H groups in total. The van der Waals surface area contributed by atoms with Crippen LogP contribution in [0.2, 0.25) is 5.02 Å². The Morgan fingerprint density at radius 3 is 2.71 bits per heavy atom. The first-order valence-corrected chi connectivity index (χ1v) is 10.7. The highest BCUT2D eigenvalue weighted by Gasteiger charge is 2.13. The Morgan fingerprint density at radius 1 is 1.25 bits per heavy atom. The first-order valence-electron chi connectivity index (χ1n) is 9.17. The molecule has 0 aromatic heterocycles. The number of hydrazone groups is 1. The smallest absolute Gasteiger partial charge is 0.244 e. The third-order valence-corrected chi connectivity index (χ3v) is 5.68. The van der Waals surface area contributed by atoms with Gasteiger partial charge in [0, 0.05) is 41.7 Å². The molecule has 1 aliphatic heterocycles. The standard InChI is InChI=1S/C21H24ClN3O2S/c1-27-20-7-4-17(12-18(20)15-25-8-10-28-11-9-25)14-23-24-21(26)13-16-2-5-19(22)6-3-16/h2-7,12,14H,8-11,13,15H2,1H3,(H,24,26). The molecule has 0 bridgehead atoms. The van der Waals surface area contributed by atoms with Crippen LogP contribution >= 0.6 is 23.4 Å². The molecular formula is C21H24ClN3O2S. The molecule has 0 saturated carbocycles. The highest BCUT2D eigenvalue weighted by Crippen LogP contribution is 2.22. The maximum Gasteiger partial charge on any atom is 0.244 e. The van der Waals surface area contributed by atoms with E-state index in [4.69, 9.17) is 16.3 Å². The molecule has 0 radical (unpaired) electrons. The predicted molar refractivity (Wildman–Crippen MR) is 116 cm³/mol. The van der Waals surface area contributed by atoms with Crippen LogP contribution in [0, 0.1) is 0 Å². The highest BCUT2D eigenvalue weighted by molar-refractivity contribution is 7.99. The van der Waals surface area contributed by atoms with Crippen molar-refractivity contribution in [3.05, 3.63) is 64.2 Å². The molecule has 0 atom stereocenters. The summed E-state index contributed by atoms with van der Waals surface area (Å²) in [6.07, 6.45) is 1.92. The summed E-state index contributed by atoms with van der Waals surface area (Å²) >= 11 is 7.85. The number of halogens is 1. The zero-order chi connectivity index (χ0) is 19.8. The average Bonchev–Trinajstić information content (AvgIpc) is 2.71. The number of benzene rings is 2. The SMILES string of the molecule is COc1ccc(C=NNC(=O)Cc2ccc(Cl)cc2)cc1CN1CCSCC1. The monoisotopic (exact) mass is 417 g/mol. The molecule has 2 aromatic carbocycles. The molecule has 1 amide bonds. The molecule has 5 nitrogen and oxygen atoms in total. The number of nitrogens with one attached hydrogen (secondary N) is 1. The second kappa shape index (κ2) is 10.5. The van der Waals surface area contributed by atoms with Gasteiger partial charge in [-0.25, -0.2) is 5.43 Å². The van der Waals surface area contributed by atoms with Crippen LogP contribution in [0.25, 0.3) is 0 Å². The maximum absolute atomic E-state index is 12.0. The zero-order valence-corrected chi connectivity index (χ0v) is 17.4. The number of methoxy groups -OCH3 is 1. The van der Waals surface area contributed by atoms with Crippen molar-refractivity contribution in [2.75, 3.05) is 31.7 Å². The van der Waals surface area contributed by atoms with Crippen LogP contribution < -0.4 is 10.2 Å². The summed E-state index contributed by atoms with van der Waals surface area (Å²) in [4.78, 5) is 14.5. The van der Waals surface area contributed by atoms with Gasteiger partial charge in [0.05, 0.1) is 19.7 Å². The van der Waals surface area contributed by atoms with Crippen molar-refractivity contribution in [3.63, 3.8) is 0 Å².